The van der Waals surface area contributed by atoms with Crippen LogP contribution in [-0.4, -0.2) is 48.1 Å². The van der Waals surface area contributed by atoms with Crippen LogP contribution in [0.15, 0.2) is 48.7 Å². The molecule has 1 aromatic carbocycles. The van der Waals surface area contributed by atoms with Crippen molar-refractivity contribution in [2.45, 2.75) is 19.4 Å². The molecule has 2 aromatic rings. The van der Waals surface area contributed by atoms with Crippen LogP contribution in [0.3, 0.4) is 0 Å². The second-order valence-corrected chi connectivity index (χ2v) is 7.35. The molecule has 0 aliphatic carbocycles. The lowest BCUT2D eigenvalue weighted by Crippen LogP contribution is -2.33. The number of anilines is 1. The van der Waals surface area contributed by atoms with Crippen molar-refractivity contribution in [1.29, 1.82) is 0 Å². The van der Waals surface area contributed by atoms with Crippen molar-refractivity contribution in [3.63, 3.8) is 0 Å². The fourth-order valence-electron chi connectivity index (χ4n) is 3.91. The van der Waals surface area contributed by atoms with Gasteiger partial charge in [-0.05, 0) is 24.6 Å². The molecule has 3 heterocycles. The average molecular weight is 351 g/mol. The van der Waals surface area contributed by atoms with Gasteiger partial charge in [-0.3, -0.25) is 4.79 Å². The van der Waals surface area contributed by atoms with E-state index in [1.54, 1.807) is 6.20 Å². The topological polar surface area (TPSA) is 54.5 Å². The molecule has 2 aliphatic rings. The Hall–Kier alpha value is -2.40. The highest BCUT2D eigenvalue weighted by Gasteiger charge is 2.44. The van der Waals surface area contributed by atoms with Crippen LogP contribution in [0, 0.1) is 18.8 Å². The Morgan fingerprint density at radius 3 is 2.85 bits per heavy atom. The Bertz CT molecular complexity index is 748. The van der Waals surface area contributed by atoms with Crippen molar-refractivity contribution < 1.29 is 9.53 Å². The van der Waals surface area contributed by atoms with E-state index in [0.29, 0.717) is 18.3 Å². The highest BCUT2D eigenvalue weighted by molar-refractivity contribution is 5.79. The van der Waals surface area contributed by atoms with Gasteiger partial charge in [-0.15, -0.1) is 0 Å². The first-order valence-corrected chi connectivity index (χ1v) is 9.29. The Morgan fingerprint density at radius 2 is 2.08 bits per heavy atom. The number of rotatable bonds is 5. The van der Waals surface area contributed by atoms with Crippen LogP contribution in [0.2, 0.25) is 0 Å². The van der Waals surface area contributed by atoms with Crippen LogP contribution < -0.4 is 5.32 Å². The average Bonchev–Trinajstić information content (AvgIpc) is 3.24. The third-order valence-corrected chi connectivity index (χ3v) is 5.48. The SMILES string of the molecule is Cc1ccc(CC(=O)N2C[C@H]3[C@@H](CNc4ccccn4)CO[C@H]3C2)cc1. The number of ether oxygens (including phenoxy) is 1. The van der Waals surface area contributed by atoms with Crippen molar-refractivity contribution in [2.24, 2.45) is 11.8 Å². The monoisotopic (exact) mass is 351 g/mol. The standard InChI is InChI=1S/C21H25N3O2/c1-15-5-7-16(8-6-15)10-21(25)24-12-18-17(14-26-19(18)13-24)11-23-20-4-2-3-9-22-20/h2-9,17-19H,10-14H2,1H3,(H,22,23)/t17-,18-,19-/m0/s1. The summed E-state index contributed by atoms with van der Waals surface area (Å²) < 4.78 is 5.97. The molecular formula is C21H25N3O2. The highest BCUT2D eigenvalue weighted by Crippen LogP contribution is 2.34. The lowest BCUT2D eigenvalue weighted by molar-refractivity contribution is -0.130. The van der Waals surface area contributed by atoms with Gasteiger partial charge in [0, 0.05) is 37.7 Å². The Morgan fingerprint density at radius 1 is 1.23 bits per heavy atom. The zero-order chi connectivity index (χ0) is 17.9. The summed E-state index contributed by atoms with van der Waals surface area (Å²) in [7, 11) is 0. The van der Waals surface area contributed by atoms with Crippen LogP contribution in [0.5, 0.6) is 0 Å². The zero-order valence-electron chi connectivity index (χ0n) is 15.1. The third-order valence-electron chi connectivity index (χ3n) is 5.48. The van der Waals surface area contributed by atoms with E-state index in [9.17, 15) is 4.79 Å². The molecule has 0 unspecified atom stereocenters. The summed E-state index contributed by atoms with van der Waals surface area (Å²) in [5, 5.41) is 3.39. The van der Waals surface area contributed by atoms with E-state index in [4.69, 9.17) is 4.74 Å². The van der Waals surface area contributed by atoms with Gasteiger partial charge in [-0.2, -0.15) is 0 Å². The highest BCUT2D eigenvalue weighted by atomic mass is 16.5. The first kappa shape index (κ1) is 17.0. The molecule has 4 rings (SSSR count). The number of carbonyl (C=O) groups excluding carboxylic acids is 1. The zero-order valence-corrected chi connectivity index (χ0v) is 15.1. The maximum Gasteiger partial charge on any atom is 0.227 e. The van der Waals surface area contributed by atoms with Gasteiger partial charge in [0.1, 0.15) is 5.82 Å². The minimum Gasteiger partial charge on any atom is -0.376 e. The number of pyridine rings is 1. The second-order valence-electron chi connectivity index (χ2n) is 7.35. The first-order valence-electron chi connectivity index (χ1n) is 9.29. The second kappa shape index (κ2) is 7.46. The number of carbonyl (C=O) groups is 1. The molecule has 1 N–H and O–H groups in total. The molecule has 1 aromatic heterocycles. The van der Waals surface area contributed by atoms with Crippen LogP contribution in [0.1, 0.15) is 11.1 Å². The molecular weight excluding hydrogens is 326 g/mol. The first-order chi connectivity index (χ1) is 12.7. The van der Waals surface area contributed by atoms with Gasteiger partial charge in [0.05, 0.1) is 19.1 Å². The molecule has 0 saturated carbocycles. The molecule has 0 spiro atoms. The number of aryl methyl sites for hydroxylation is 1. The lowest BCUT2D eigenvalue weighted by Gasteiger charge is -2.20. The Balaban J connectivity index is 1.32. The number of hydrogen-bond donors (Lipinski definition) is 1. The summed E-state index contributed by atoms with van der Waals surface area (Å²) in [4.78, 5) is 18.9. The maximum atomic E-state index is 12.7. The van der Waals surface area contributed by atoms with Gasteiger partial charge in [0.25, 0.3) is 0 Å². The van der Waals surface area contributed by atoms with E-state index in [-0.39, 0.29) is 12.0 Å². The molecule has 3 atom stereocenters. The van der Waals surface area contributed by atoms with E-state index in [0.717, 1.165) is 37.6 Å². The summed E-state index contributed by atoms with van der Waals surface area (Å²) in [6.07, 6.45) is 2.43. The quantitative estimate of drug-likeness (QED) is 0.899. The molecule has 2 aliphatic heterocycles. The molecule has 136 valence electrons. The van der Waals surface area contributed by atoms with Crippen molar-refractivity contribution in [2.75, 3.05) is 31.6 Å². The van der Waals surface area contributed by atoms with E-state index < -0.39 is 0 Å². The lowest BCUT2D eigenvalue weighted by atomic mass is 9.93. The summed E-state index contributed by atoms with van der Waals surface area (Å²) >= 11 is 0. The molecule has 0 bridgehead atoms. The smallest absolute Gasteiger partial charge is 0.227 e. The van der Waals surface area contributed by atoms with Crippen LogP contribution in [0.4, 0.5) is 5.82 Å². The minimum absolute atomic E-state index is 0.174. The minimum atomic E-state index is 0.174. The van der Waals surface area contributed by atoms with Crippen molar-refractivity contribution in [3.05, 3.63) is 59.8 Å². The van der Waals surface area contributed by atoms with Gasteiger partial charge < -0.3 is 15.0 Å². The van der Waals surface area contributed by atoms with Crippen molar-refractivity contribution in [3.8, 4) is 0 Å². The molecule has 1 amide bonds. The van der Waals surface area contributed by atoms with E-state index >= 15 is 0 Å². The Kier molecular flexibility index (Phi) is 4.89. The molecule has 5 heteroatoms. The molecule has 2 fully saturated rings. The van der Waals surface area contributed by atoms with Crippen molar-refractivity contribution in [1.82, 2.24) is 9.88 Å². The summed E-state index contributed by atoms with van der Waals surface area (Å²) in [6, 6.07) is 14.1. The predicted octanol–water partition coefficient (Wildman–Crippen LogP) is 2.52. The number of likely N-dealkylation sites (tertiary alicyclic amines) is 1. The number of fused-ring (bicyclic) bond motifs is 1. The molecule has 5 nitrogen and oxygen atoms in total. The van der Waals surface area contributed by atoms with Crippen molar-refractivity contribution >= 4 is 11.7 Å². The number of amides is 1. The predicted molar refractivity (Wildman–Crippen MR) is 101 cm³/mol. The number of benzene rings is 1. The van der Waals surface area contributed by atoms with E-state index in [1.807, 2.05) is 35.2 Å². The fraction of sp³-hybridized carbons (Fsp3) is 0.429. The van der Waals surface area contributed by atoms with Gasteiger partial charge >= 0.3 is 0 Å². The molecule has 0 radical (unpaired) electrons. The number of nitrogens with zero attached hydrogens (tertiary/aromatic N) is 2. The number of aromatic nitrogens is 1. The Labute approximate surface area is 154 Å². The van der Waals surface area contributed by atoms with Crippen LogP contribution in [0.25, 0.3) is 0 Å². The van der Waals surface area contributed by atoms with Gasteiger partial charge in [0.2, 0.25) is 5.91 Å². The number of nitrogens with one attached hydrogen (secondary N) is 1. The maximum absolute atomic E-state index is 12.7. The molecule has 26 heavy (non-hydrogen) atoms. The van der Waals surface area contributed by atoms with Crippen LogP contribution in [-0.2, 0) is 16.0 Å². The van der Waals surface area contributed by atoms with Crippen LogP contribution >= 0.6 is 0 Å². The largest absolute Gasteiger partial charge is 0.376 e. The fourth-order valence-corrected chi connectivity index (χ4v) is 3.91. The normalized spacial score (nSPS) is 24.5. The third kappa shape index (κ3) is 3.73. The summed E-state index contributed by atoms with van der Waals surface area (Å²) in [6.45, 7) is 5.16. The van der Waals surface area contributed by atoms with E-state index in [1.165, 1.54) is 5.56 Å². The number of hydrogen-bond acceptors (Lipinski definition) is 4. The van der Waals surface area contributed by atoms with Gasteiger partial charge in [-0.25, -0.2) is 4.98 Å². The van der Waals surface area contributed by atoms with Gasteiger partial charge in [0.15, 0.2) is 0 Å². The molecule has 2 saturated heterocycles. The summed E-state index contributed by atoms with van der Waals surface area (Å²) in [5.74, 6) is 1.91. The van der Waals surface area contributed by atoms with Gasteiger partial charge in [-0.1, -0.05) is 35.9 Å². The summed E-state index contributed by atoms with van der Waals surface area (Å²) in [5.41, 5.74) is 2.29. The van der Waals surface area contributed by atoms with E-state index in [2.05, 4.69) is 29.4 Å².